The molecule has 0 radical (unpaired) electrons. The highest BCUT2D eigenvalue weighted by molar-refractivity contribution is 7.08. The van der Waals surface area contributed by atoms with Crippen LogP contribution < -0.4 is 10.8 Å². The second-order valence-electron chi connectivity index (χ2n) is 3.33. The van der Waals surface area contributed by atoms with Gasteiger partial charge < -0.3 is 5.32 Å². The molecule has 5 nitrogen and oxygen atoms in total. The zero-order chi connectivity index (χ0) is 12.5. The number of thiophene rings is 1. The number of hydroxylamine groups is 1. The first kappa shape index (κ1) is 13.7. The number of rotatable bonds is 7. The number of amides is 2. The summed E-state index contributed by atoms with van der Waals surface area (Å²) >= 11 is 1.48. The van der Waals surface area contributed by atoms with Crippen LogP contribution in [-0.2, 0) is 9.63 Å². The molecule has 0 aliphatic carbocycles. The van der Waals surface area contributed by atoms with Gasteiger partial charge in [-0.2, -0.15) is 11.3 Å². The largest absolute Gasteiger partial charge is 0.352 e. The molecule has 0 saturated heterocycles. The Labute approximate surface area is 104 Å². The first-order valence-electron chi connectivity index (χ1n) is 5.45. The summed E-state index contributed by atoms with van der Waals surface area (Å²) in [6.07, 6.45) is 0.929. The van der Waals surface area contributed by atoms with Crippen LogP contribution in [0.25, 0.3) is 0 Å². The zero-order valence-corrected chi connectivity index (χ0v) is 10.5. The van der Waals surface area contributed by atoms with Crippen LogP contribution in [0.4, 0.5) is 0 Å². The van der Waals surface area contributed by atoms with Crippen molar-refractivity contribution in [1.29, 1.82) is 0 Å². The number of hydrogen-bond acceptors (Lipinski definition) is 4. The molecule has 0 aliphatic heterocycles. The highest BCUT2D eigenvalue weighted by atomic mass is 32.1. The molecule has 0 fully saturated rings. The van der Waals surface area contributed by atoms with Crippen molar-refractivity contribution in [3.05, 3.63) is 22.4 Å². The smallest absolute Gasteiger partial charge is 0.252 e. The molecule has 1 heterocycles. The lowest BCUT2D eigenvalue weighted by Gasteiger charge is -2.04. The van der Waals surface area contributed by atoms with E-state index in [-0.39, 0.29) is 11.8 Å². The average molecular weight is 256 g/mol. The van der Waals surface area contributed by atoms with E-state index >= 15 is 0 Å². The summed E-state index contributed by atoms with van der Waals surface area (Å²) in [5.41, 5.74) is 2.96. The van der Waals surface area contributed by atoms with E-state index in [1.165, 1.54) is 11.3 Å². The van der Waals surface area contributed by atoms with Crippen LogP contribution in [0.15, 0.2) is 16.8 Å². The fraction of sp³-hybridized carbons (Fsp3) is 0.455. The standard InChI is InChI=1S/C11H16N2O3S/c1-2-16-13-10(14)4-3-6-12-11(15)9-5-7-17-8-9/h5,7-8H,2-4,6H2,1H3,(H,12,15)(H,13,14). The number of nitrogens with one attached hydrogen (secondary N) is 2. The summed E-state index contributed by atoms with van der Waals surface area (Å²) in [7, 11) is 0. The van der Waals surface area contributed by atoms with Gasteiger partial charge in [0.1, 0.15) is 0 Å². The predicted molar refractivity (Wildman–Crippen MR) is 65.7 cm³/mol. The van der Waals surface area contributed by atoms with Gasteiger partial charge in [-0.25, -0.2) is 5.48 Å². The molecule has 0 saturated carbocycles. The van der Waals surface area contributed by atoms with Gasteiger partial charge in [0.2, 0.25) is 5.91 Å². The third-order valence-corrected chi connectivity index (χ3v) is 2.66. The van der Waals surface area contributed by atoms with Crippen molar-refractivity contribution in [3.63, 3.8) is 0 Å². The molecule has 2 amide bonds. The van der Waals surface area contributed by atoms with Gasteiger partial charge in [0.25, 0.3) is 5.91 Å². The number of carbonyl (C=O) groups is 2. The van der Waals surface area contributed by atoms with Crippen molar-refractivity contribution >= 4 is 23.2 Å². The van der Waals surface area contributed by atoms with Crippen LogP contribution in [-0.4, -0.2) is 25.0 Å². The Morgan fingerprint density at radius 1 is 1.47 bits per heavy atom. The van der Waals surface area contributed by atoms with Crippen molar-refractivity contribution in [2.75, 3.05) is 13.2 Å². The Hall–Kier alpha value is -1.40. The topological polar surface area (TPSA) is 67.4 Å². The van der Waals surface area contributed by atoms with Crippen LogP contribution in [0.2, 0.25) is 0 Å². The molecule has 0 aliphatic rings. The first-order valence-corrected chi connectivity index (χ1v) is 6.39. The molecule has 1 aromatic rings. The van der Waals surface area contributed by atoms with Gasteiger partial charge >= 0.3 is 0 Å². The minimum absolute atomic E-state index is 0.100. The van der Waals surface area contributed by atoms with Crippen molar-refractivity contribution in [2.45, 2.75) is 19.8 Å². The lowest BCUT2D eigenvalue weighted by Crippen LogP contribution is -2.27. The third-order valence-electron chi connectivity index (χ3n) is 1.98. The maximum Gasteiger partial charge on any atom is 0.252 e. The van der Waals surface area contributed by atoms with Crippen LogP contribution in [0.1, 0.15) is 30.1 Å². The maximum absolute atomic E-state index is 11.5. The van der Waals surface area contributed by atoms with Gasteiger partial charge in [-0.15, -0.1) is 0 Å². The van der Waals surface area contributed by atoms with Crippen LogP contribution in [0.3, 0.4) is 0 Å². The molecule has 2 N–H and O–H groups in total. The van der Waals surface area contributed by atoms with E-state index in [2.05, 4.69) is 10.8 Å². The molecule has 6 heteroatoms. The third kappa shape index (κ3) is 5.46. The van der Waals surface area contributed by atoms with E-state index in [4.69, 9.17) is 4.84 Å². The monoisotopic (exact) mass is 256 g/mol. The number of hydrogen-bond donors (Lipinski definition) is 2. The molecule has 0 unspecified atom stereocenters. The Kier molecular flexibility index (Phi) is 6.27. The molecule has 1 aromatic heterocycles. The average Bonchev–Trinajstić information content (AvgIpc) is 2.85. The summed E-state index contributed by atoms with van der Waals surface area (Å²) in [5.74, 6) is -0.270. The van der Waals surface area contributed by atoms with Gasteiger partial charge in [-0.3, -0.25) is 14.4 Å². The van der Waals surface area contributed by atoms with Crippen LogP contribution in [0.5, 0.6) is 0 Å². The molecule has 0 bridgehead atoms. The van der Waals surface area contributed by atoms with Crippen molar-refractivity contribution < 1.29 is 14.4 Å². The lowest BCUT2D eigenvalue weighted by molar-refractivity contribution is -0.133. The van der Waals surface area contributed by atoms with Gasteiger partial charge in [0.05, 0.1) is 6.61 Å². The Balaban J connectivity index is 2.08. The van der Waals surface area contributed by atoms with Gasteiger partial charge in [-0.05, 0) is 24.8 Å². The minimum Gasteiger partial charge on any atom is -0.352 e. The highest BCUT2D eigenvalue weighted by Crippen LogP contribution is 2.05. The number of carbonyl (C=O) groups excluding carboxylic acids is 2. The normalized spacial score (nSPS) is 9.94. The molecule has 0 atom stereocenters. The maximum atomic E-state index is 11.5. The molecular weight excluding hydrogens is 240 g/mol. The molecule has 94 valence electrons. The highest BCUT2D eigenvalue weighted by Gasteiger charge is 2.05. The second-order valence-corrected chi connectivity index (χ2v) is 4.11. The van der Waals surface area contributed by atoms with Crippen molar-refractivity contribution in [3.8, 4) is 0 Å². The zero-order valence-electron chi connectivity index (χ0n) is 9.69. The van der Waals surface area contributed by atoms with Crippen molar-refractivity contribution in [2.24, 2.45) is 0 Å². The first-order chi connectivity index (χ1) is 8.24. The van der Waals surface area contributed by atoms with Gasteiger partial charge in [0, 0.05) is 23.9 Å². The summed E-state index contributed by atoms with van der Waals surface area (Å²) in [5, 5.41) is 6.38. The van der Waals surface area contributed by atoms with E-state index in [1.807, 2.05) is 5.38 Å². The van der Waals surface area contributed by atoms with E-state index in [1.54, 1.807) is 18.4 Å². The van der Waals surface area contributed by atoms with Gasteiger partial charge in [0.15, 0.2) is 0 Å². The minimum atomic E-state index is -0.170. The van der Waals surface area contributed by atoms with E-state index in [0.29, 0.717) is 31.6 Å². The molecule has 0 spiro atoms. The molecule has 1 rings (SSSR count). The Morgan fingerprint density at radius 3 is 2.94 bits per heavy atom. The van der Waals surface area contributed by atoms with Gasteiger partial charge in [-0.1, -0.05) is 0 Å². The second kappa shape index (κ2) is 7.81. The van der Waals surface area contributed by atoms with Crippen LogP contribution >= 0.6 is 11.3 Å². The summed E-state index contributed by atoms with van der Waals surface area (Å²) in [6.45, 7) is 2.72. The summed E-state index contributed by atoms with van der Waals surface area (Å²) in [4.78, 5) is 27.4. The molecule has 17 heavy (non-hydrogen) atoms. The summed E-state index contributed by atoms with van der Waals surface area (Å²) < 4.78 is 0. The Morgan fingerprint density at radius 2 is 2.29 bits per heavy atom. The SMILES string of the molecule is CCONC(=O)CCCNC(=O)c1ccsc1. The fourth-order valence-electron chi connectivity index (χ4n) is 1.15. The lowest BCUT2D eigenvalue weighted by atomic mass is 10.3. The quantitative estimate of drug-likeness (QED) is 0.571. The Bertz CT molecular complexity index is 352. The predicted octanol–water partition coefficient (Wildman–Crippen LogP) is 1.33. The summed E-state index contributed by atoms with van der Waals surface area (Å²) in [6, 6.07) is 1.77. The molecule has 0 aromatic carbocycles. The van der Waals surface area contributed by atoms with E-state index in [9.17, 15) is 9.59 Å². The fourth-order valence-corrected chi connectivity index (χ4v) is 1.79. The molecular formula is C11H16N2O3S. The van der Waals surface area contributed by atoms with Crippen molar-refractivity contribution in [1.82, 2.24) is 10.8 Å². The van der Waals surface area contributed by atoms with E-state index in [0.717, 1.165) is 0 Å². The van der Waals surface area contributed by atoms with Crippen LogP contribution in [0, 0.1) is 0 Å². The van der Waals surface area contributed by atoms with E-state index < -0.39 is 0 Å².